The van der Waals surface area contributed by atoms with Crippen molar-refractivity contribution in [2.75, 3.05) is 6.54 Å². The fourth-order valence-corrected chi connectivity index (χ4v) is 1.56. The van der Waals surface area contributed by atoms with Gasteiger partial charge in [0, 0.05) is 6.04 Å². The van der Waals surface area contributed by atoms with Crippen molar-refractivity contribution in [2.45, 2.75) is 25.3 Å². The molecule has 1 unspecified atom stereocenters. The first kappa shape index (κ1) is 16.4. The number of terminal acetylenes is 1. The van der Waals surface area contributed by atoms with Crippen LogP contribution >= 0.6 is 0 Å². The molecule has 0 bridgehead atoms. The second-order valence-electron chi connectivity index (χ2n) is 4.15. The predicted octanol–water partition coefficient (Wildman–Crippen LogP) is 4.01. The van der Waals surface area contributed by atoms with Gasteiger partial charge in [0.1, 0.15) is 0 Å². The van der Waals surface area contributed by atoms with Crippen molar-refractivity contribution in [2.24, 2.45) is 0 Å². The maximum Gasteiger partial charge on any atom is 0.416 e. The molecule has 0 amide bonds. The lowest BCUT2D eigenvalue weighted by Gasteiger charge is -2.18. The lowest BCUT2D eigenvalue weighted by atomic mass is 10.0. The van der Waals surface area contributed by atoms with Gasteiger partial charge in [-0.25, -0.2) is 0 Å². The highest BCUT2D eigenvalue weighted by Gasteiger charge is 2.37. The van der Waals surface area contributed by atoms with Crippen LogP contribution in [0.3, 0.4) is 0 Å². The molecular weight excluding hydrogens is 284 g/mol. The molecule has 0 aliphatic heterocycles. The number of alkyl halides is 6. The molecule has 0 saturated heterocycles. The SMILES string of the molecule is C#CCNC(C)c1cc(C(F)(F)F)cc(C(F)(F)F)c1. The maximum absolute atomic E-state index is 12.6. The molecule has 1 aromatic carbocycles. The second kappa shape index (κ2) is 5.75. The van der Waals surface area contributed by atoms with Crippen LogP contribution in [-0.4, -0.2) is 6.54 Å². The van der Waals surface area contributed by atoms with Gasteiger partial charge in [-0.1, -0.05) is 5.92 Å². The molecule has 0 saturated carbocycles. The van der Waals surface area contributed by atoms with Gasteiger partial charge >= 0.3 is 12.4 Å². The number of halogens is 6. The second-order valence-corrected chi connectivity index (χ2v) is 4.15. The Kier molecular flexibility index (Phi) is 4.71. The van der Waals surface area contributed by atoms with Crippen molar-refractivity contribution < 1.29 is 26.3 Å². The van der Waals surface area contributed by atoms with Crippen molar-refractivity contribution in [1.29, 1.82) is 0 Å². The minimum absolute atomic E-state index is 0.0404. The van der Waals surface area contributed by atoms with Gasteiger partial charge < -0.3 is 0 Å². The molecule has 1 atom stereocenters. The fourth-order valence-electron chi connectivity index (χ4n) is 1.56. The highest BCUT2D eigenvalue weighted by Crippen LogP contribution is 2.37. The van der Waals surface area contributed by atoms with E-state index in [2.05, 4.69) is 11.2 Å². The number of benzene rings is 1. The van der Waals surface area contributed by atoms with E-state index in [1.165, 1.54) is 6.92 Å². The van der Waals surface area contributed by atoms with E-state index in [-0.39, 0.29) is 18.2 Å². The van der Waals surface area contributed by atoms with Crippen LogP contribution in [-0.2, 0) is 12.4 Å². The quantitative estimate of drug-likeness (QED) is 0.656. The molecule has 0 aliphatic carbocycles. The molecule has 1 aromatic rings. The largest absolute Gasteiger partial charge is 0.416 e. The first-order chi connectivity index (χ1) is 9.05. The lowest BCUT2D eigenvalue weighted by molar-refractivity contribution is -0.143. The topological polar surface area (TPSA) is 12.0 Å². The van der Waals surface area contributed by atoms with Gasteiger partial charge in [0.15, 0.2) is 0 Å². The van der Waals surface area contributed by atoms with Gasteiger partial charge in [0.25, 0.3) is 0 Å². The number of rotatable bonds is 3. The van der Waals surface area contributed by atoms with Crippen molar-refractivity contribution in [1.82, 2.24) is 5.32 Å². The third-order valence-electron chi connectivity index (χ3n) is 2.62. The van der Waals surface area contributed by atoms with Gasteiger partial charge in [-0.2, -0.15) is 26.3 Å². The minimum atomic E-state index is -4.85. The molecule has 1 nitrogen and oxygen atoms in total. The summed E-state index contributed by atoms with van der Waals surface area (Å²) in [6.45, 7) is 1.48. The van der Waals surface area contributed by atoms with Crippen LogP contribution in [0.2, 0.25) is 0 Å². The van der Waals surface area contributed by atoms with Crippen LogP contribution in [0.15, 0.2) is 18.2 Å². The van der Waals surface area contributed by atoms with Gasteiger partial charge in [-0.05, 0) is 30.7 Å². The first-order valence-corrected chi connectivity index (χ1v) is 5.52. The van der Waals surface area contributed by atoms with Crippen molar-refractivity contribution >= 4 is 0 Å². The molecular formula is C13H11F6N. The molecule has 1 rings (SSSR count). The average Bonchev–Trinajstić information content (AvgIpc) is 2.33. The van der Waals surface area contributed by atoms with Crippen LogP contribution < -0.4 is 5.32 Å². The Morgan fingerprint density at radius 3 is 1.85 bits per heavy atom. The van der Waals surface area contributed by atoms with Crippen LogP contribution in [0.4, 0.5) is 26.3 Å². The minimum Gasteiger partial charge on any atom is -0.300 e. The molecule has 0 radical (unpaired) electrons. The van der Waals surface area contributed by atoms with E-state index in [1.807, 2.05) is 0 Å². The summed E-state index contributed by atoms with van der Waals surface area (Å²) in [4.78, 5) is 0. The maximum atomic E-state index is 12.6. The van der Waals surface area contributed by atoms with E-state index >= 15 is 0 Å². The Balaban J connectivity index is 3.28. The lowest BCUT2D eigenvalue weighted by Crippen LogP contribution is -2.20. The Bertz CT molecular complexity index is 477. The third-order valence-corrected chi connectivity index (χ3v) is 2.62. The van der Waals surface area contributed by atoms with Gasteiger partial charge in [-0.3, -0.25) is 5.32 Å². The molecule has 7 heteroatoms. The smallest absolute Gasteiger partial charge is 0.300 e. The van der Waals surface area contributed by atoms with E-state index in [1.54, 1.807) is 0 Å². The van der Waals surface area contributed by atoms with Crippen LogP contribution in [0.1, 0.15) is 29.7 Å². The summed E-state index contributed by atoms with van der Waals surface area (Å²) in [5, 5.41) is 2.64. The predicted molar refractivity (Wildman–Crippen MR) is 61.7 cm³/mol. The van der Waals surface area contributed by atoms with Crippen molar-refractivity contribution in [3.8, 4) is 12.3 Å². The molecule has 20 heavy (non-hydrogen) atoms. The van der Waals surface area contributed by atoms with E-state index < -0.39 is 29.5 Å². The van der Waals surface area contributed by atoms with Gasteiger partial charge in [0.2, 0.25) is 0 Å². The normalized spacial score (nSPS) is 13.9. The van der Waals surface area contributed by atoms with Gasteiger partial charge in [-0.15, -0.1) is 6.42 Å². The molecule has 0 aromatic heterocycles. The Hall–Kier alpha value is -1.68. The van der Waals surface area contributed by atoms with E-state index in [4.69, 9.17) is 6.42 Å². The Morgan fingerprint density at radius 2 is 1.50 bits per heavy atom. The summed E-state index contributed by atoms with van der Waals surface area (Å²) in [7, 11) is 0. The molecule has 0 spiro atoms. The van der Waals surface area contributed by atoms with Crippen molar-refractivity contribution in [3.05, 3.63) is 34.9 Å². The van der Waals surface area contributed by atoms with E-state index in [9.17, 15) is 26.3 Å². The zero-order valence-corrected chi connectivity index (χ0v) is 10.4. The Labute approximate surface area is 112 Å². The zero-order valence-electron chi connectivity index (χ0n) is 10.4. The summed E-state index contributed by atoms with van der Waals surface area (Å²) in [6.07, 6.45) is -4.71. The molecule has 110 valence electrons. The summed E-state index contributed by atoms with van der Waals surface area (Å²) < 4.78 is 75.8. The average molecular weight is 295 g/mol. The third kappa shape index (κ3) is 4.17. The first-order valence-electron chi connectivity index (χ1n) is 5.52. The fraction of sp³-hybridized carbons (Fsp3) is 0.385. The molecule has 0 aliphatic rings. The van der Waals surface area contributed by atoms with E-state index in [0.717, 1.165) is 0 Å². The van der Waals surface area contributed by atoms with E-state index in [0.29, 0.717) is 12.1 Å². The van der Waals surface area contributed by atoms with Crippen LogP contribution in [0, 0.1) is 12.3 Å². The van der Waals surface area contributed by atoms with Crippen molar-refractivity contribution in [3.63, 3.8) is 0 Å². The molecule has 0 fully saturated rings. The highest BCUT2D eigenvalue weighted by molar-refractivity contribution is 5.35. The summed E-state index contributed by atoms with van der Waals surface area (Å²) in [5.74, 6) is 2.20. The number of nitrogens with one attached hydrogen (secondary N) is 1. The highest BCUT2D eigenvalue weighted by atomic mass is 19.4. The number of hydrogen-bond acceptors (Lipinski definition) is 1. The van der Waals surface area contributed by atoms with Gasteiger partial charge in [0.05, 0.1) is 17.7 Å². The molecule has 0 heterocycles. The zero-order chi connectivity index (χ0) is 15.6. The Morgan fingerprint density at radius 1 is 1.05 bits per heavy atom. The standard InChI is InChI=1S/C13H11F6N/c1-3-4-20-8(2)9-5-10(12(14,15)16)7-11(6-9)13(17,18)19/h1,5-8,20H,4H2,2H3. The summed E-state index contributed by atoms with van der Waals surface area (Å²) >= 11 is 0. The summed E-state index contributed by atoms with van der Waals surface area (Å²) in [5.41, 5.74) is -2.80. The molecule has 1 N–H and O–H groups in total. The van der Waals surface area contributed by atoms with Crippen LogP contribution in [0.25, 0.3) is 0 Å². The number of hydrogen-bond donors (Lipinski definition) is 1. The monoisotopic (exact) mass is 295 g/mol. The summed E-state index contributed by atoms with van der Waals surface area (Å²) in [6, 6.07) is 0.735. The van der Waals surface area contributed by atoms with Crippen LogP contribution in [0.5, 0.6) is 0 Å².